The SMILES string of the molecule is CC(c1cccc(Cl)c1)N(C)CC1(O)CCCC1. The second kappa shape index (κ2) is 5.60. The van der Waals surface area contributed by atoms with Crippen molar-refractivity contribution in [2.45, 2.75) is 44.2 Å². The number of hydrogen-bond donors (Lipinski definition) is 1. The highest BCUT2D eigenvalue weighted by molar-refractivity contribution is 6.30. The van der Waals surface area contributed by atoms with Crippen molar-refractivity contribution >= 4 is 11.6 Å². The maximum absolute atomic E-state index is 10.4. The monoisotopic (exact) mass is 267 g/mol. The van der Waals surface area contributed by atoms with Gasteiger partial charge in [-0.15, -0.1) is 0 Å². The standard InChI is InChI=1S/C15H22ClNO/c1-12(13-6-5-7-14(16)10-13)17(2)11-15(18)8-3-4-9-15/h5-7,10,12,18H,3-4,8-9,11H2,1-2H3. The van der Waals surface area contributed by atoms with Crippen LogP contribution in [0.5, 0.6) is 0 Å². The molecule has 3 heteroatoms. The van der Waals surface area contributed by atoms with Crippen LogP contribution in [0.25, 0.3) is 0 Å². The molecule has 0 saturated heterocycles. The molecule has 100 valence electrons. The first kappa shape index (κ1) is 13.9. The summed E-state index contributed by atoms with van der Waals surface area (Å²) >= 11 is 6.02. The van der Waals surface area contributed by atoms with E-state index in [0.29, 0.717) is 0 Å². The lowest BCUT2D eigenvalue weighted by Crippen LogP contribution is -2.40. The van der Waals surface area contributed by atoms with Gasteiger partial charge >= 0.3 is 0 Å². The van der Waals surface area contributed by atoms with Crippen LogP contribution < -0.4 is 0 Å². The minimum atomic E-state index is -0.485. The maximum Gasteiger partial charge on any atom is 0.0774 e. The van der Waals surface area contributed by atoms with Crippen molar-refractivity contribution in [2.24, 2.45) is 0 Å². The van der Waals surface area contributed by atoms with Gasteiger partial charge in [-0.1, -0.05) is 36.6 Å². The number of hydrogen-bond acceptors (Lipinski definition) is 2. The second-order valence-corrected chi connectivity index (χ2v) is 6.01. The Kier molecular flexibility index (Phi) is 4.31. The topological polar surface area (TPSA) is 23.5 Å². The molecule has 1 aromatic carbocycles. The first-order chi connectivity index (χ1) is 8.50. The van der Waals surface area contributed by atoms with Crippen LogP contribution in [0.4, 0.5) is 0 Å². The molecule has 2 rings (SSSR count). The summed E-state index contributed by atoms with van der Waals surface area (Å²) < 4.78 is 0. The van der Waals surface area contributed by atoms with Crippen LogP contribution in [-0.4, -0.2) is 29.2 Å². The van der Waals surface area contributed by atoms with E-state index < -0.39 is 5.60 Å². The first-order valence-corrected chi connectivity index (χ1v) is 7.06. The Balaban J connectivity index is 2.02. The molecule has 1 aliphatic carbocycles. The normalized spacial score (nSPS) is 20.3. The van der Waals surface area contributed by atoms with Crippen molar-refractivity contribution in [3.8, 4) is 0 Å². The molecule has 18 heavy (non-hydrogen) atoms. The zero-order chi connectivity index (χ0) is 13.2. The lowest BCUT2D eigenvalue weighted by Gasteiger charge is -2.32. The molecular weight excluding hydrogens is 246 g/mol. The summed E-state index contributed by atoms with van der Waals surface area (Å²) in [7, 11) is 2.07. The van der Waals surface area contributed by atoms with Crippen molar-refractivity contribution in [1.82, 2.24) is 4.90 Å². The molecule has 2 nitrogen and oxygen atoms in total. The van der Waals surface area contributed by atoms with Crippen LogP contribution in [0.15, 0.2) is 24.3 Å². The van der Waals surface area contributed by atoms with Crippen LogP contribution in [0.2, 0.25) is 5.02 Å². The van der Waals surface area contributed by atoms with E-state index in [1.807, 2.05) is 18.2 Å². The quantitative estimate of drug-likeness (QED) is 0.900. The fourth-order valence-electron chi connectivity index (χ4n) is 2.81. The summed E-state index contributed by atoms with van der Waals surface area (Å²) in [4.78, 5) is 2.22. The second-order valence-electron chi connectivity index (χ2n) is 5.58. The number of halogens is 1. The summed E-state index contributed by atoms with van der Waals surface area (Å²) in [6.07, 6.45) is 4.16. The minimum absolute atomic E-state index is 0.272. The van der Waals surface area contributed by atoms with Gasteiger partial charge < -0.3 is 5.11 Å². The van der Waals surface area contributed by atoms with E-state index >= 15 is 0 Å². The van der Waals surface area contributed by atoms with E-state index in [9.17, 15) is 5.11 Å². The lowest BCUT2D eigenvalue weighted by atomic mass is 10.00. The van der Waals surface area contributed by atoms with Crippen molar-refractivity contribution in [2.75, 3.05) is 13.6 Å². The molecule has 0 aliphatic heterocycles. The van der Waals surface area contributed by atoms with Gasteiger partial charge in [0.05, 0.1) is 5.60 Å². The molecule has 0 heterocycles. The molecule has 1 saturated carbocycles. The molecule has 1 aromatic rings. The number of nitrogens with zero attached hydrogens (tertiary/aromatic N) is 1. The van der Waals surface area contributed by atoms with Crippen molar-refractivity contribution in [3.05, 3.63) is 34.9 Å². The molecule has 1 fully saturated rings. The number of benzene rings is 1. The zero-order valence-corrected chi connectivity index (χ0v) is 12.0. The van der Waals surface area contributed by atoms with Gasteiger partial charge in [-0.2, -0.15) is 0 Å². The van der Waals surface area contributed by atoms with Crippen molar-refractivity contribution in [3.63, 3.8) is 0 Å². The predicted octanol–water partition coefficient (Wildman–Crippen LogP) is 3.64. The summed E-state index contributed by atoms with van der Waals surface area (Å²) in [5.74, 6) is 0. The molecule has 1 aliphatic rings. The fourth-order valence-corrected chi connectivity index (χ4v) is 3.01. The van der Waals surface area contributed by atoms with Crippen molar-refractivity contribution in [1.29, 1.82) is 0 Å². The van der Waals surface area contributed by atoms with Crippen LogP contribution in [-0.2, 0) is 0 Å². The van der Waals surface area contributed by atoms with Gasteiger partial charge in [0.25, 0.3) is 0 Å². The van der Waals surface area contributed by atoms with Gasteiger partial charge in [0.1, 0.15) is 0 Å². The molecule has 0 spiro atoms. The average molecular weight is 268 g/mol. The highest BCUT2D eigenvalue weighted by atomic mass is 35.5. The van der Waals surface area contributed by atoms with Gasteiger partial charge in [0.2, 0.25) is 0 Å². The van der Waals surface area contributed by atoms with Gasteiger partial charge in [-0.25, -0.2) is 0 Å². The van der Waals surface area contributed by atoms with E-state index in [1.54, 1.807) is 0 Å². The minimum Gasteiger partial charge on any atom is -0.389 e. The molecular formula is C15H22ClNO. The Morgan fingerprint density at radius 3 is 2.67 bits per heavy atom. The third-order valence-electron chi connectivity index (χ3n) is 4.07. The lowest BCUT2D eigenvalue weighted by molar-refractivity contribution is 0.00696. The molecule has 0 aromatic heterocycles. The Hall–Kier alpha value is -0.570. The fraction of sp³-hybridized carbons (Fsp3) is 0.600. The third-order valence-corrected chi connectivity index (χ3v) is 4.31. The summed E-state index contributed by atoms with van der Waals surface area (Å²) in [6, 6.07) is 8.23. The Labute approximate surface area is 115 Å². The van der Waals surface area contributed by atoms with Crippen LogP contribution in [0, 0.1) is 0 Å². The van der Waals surface area contributed by atoms with Gasteiger partial charge in [-0.3, -0.25) is 4.90 Å². The third kappa shape index (κ3) is 3.25. The summed E-state index contributed by atoms with van der Waals surface area (Å²) in [6.45, 7) is 2.89. The van der Waals surface area contributed by atoms with Gasteiger partial charge in [0, 0.05) is 17.6 Å². The van der Waals surface area contributed by atoms with Gasteiger partial charge in [-0.05, 0) is 44.5 Å². The maximum atomic E-state index is 10.4. The van der Waals surface area contributed by atoms with Crippen LogP contribution in [0.1, 0.15) is 44.2 Å². The van der Waals surface area contributed by atoms with Crippen molar-refractivity contribution < 1.29 is 5.11 Å². The molecule has 0 bridgehead atoms. The Bertz CT molecular complexity index is 401. The number of rotatable bonds is 4. The number of aliphatic hydroxyl groups is 1. The number of likely N-dealkylation sites (N-methyl/N-ethyl adjacent to an activating group) is 1. The molecule has 1 atom stereocenters. The first-order valence-electron chi connectivity index (χ1n) is 6.68. The molecule has 0 amide bonds. The van der Waals surface area contributed by atoms with Crippen LogP contribution >= 0.6 is 11.6 Å². The van der Waals surface area contributed by atoms with E-state index in [1.165, 1.54) is 5.56 Å². The van der Waals surface area contributed by atoms with Crippen LogP contribution in [0.3, 0.4) is 0 Å². The largest absolute Gasteiger partial charge is 0.389 e. The van der Waals surface area contributed by atoms with E-state index in [2.05, 4.69) is 24.9 Å². The molecule has 0 radical (unpaired) electrons. The molecule has 1 unspecified atom stereocenters. The zero-order valence-electron chi connectivity index (χ0n) is 11.2. The summed E-state index contributed by atoms with van der Waals surface area (Å²) in [5.41, 5.74) is 0.716. The molecule has 1 N–H and O–H groups in total. The Morgan fingerprint density at radius 2 is 2.06 bits per heavy atom. The van der Waals surface area contributed by atoms with E-state index in [-0.39, 0.29) is 6.04 Å². The van der Waals surface area contributed by atoms with E-state index in [0.717, 1.165) is 37.3 Å². The average Bonchev–Trinajstić information content (AvgIpc) is 2.74. The predicted molar refractivity (Wildman–Crippen MR) is 75.9 cm³/mol. The smallest absolute Gasteiger partial charge is 0.0774 e. The van der Waals surface area contributed by atoms with E-state index in [4.69, 9.17) is 11.6 Å². The summed E-state index contributed by atoms with van der Waals surface area (Å²) in [5, 5.41) is 11.2. The highest BCUT2D eigenvalue weighted by Crippen LogP contribution is 2.32. The Morgan fingerprint density at radius 1 is 1.39 bits per heavy atom. The highest BCUT2D eigenvalue weighted by Gasteiger charge is 2.33. The van der Waals surface area contributed by atoms with Gasteiger partial charge in [0.15, 0.2) is 0 Å².